The summed E-state index contributed by atoms with van der Waals surface area (Å²) in [5.41, 5.74) is 2.11. The van der Waals surface area contributed by atoms with E-state index in [1.54, 1.807) is 17.4 Å². The zero-order valence-corrected chi connectivity index (χ0v) is 13.9. The van der Waals surface area contributed by atoms with Crippen molar-refractivity contribution in [3.63, 3.8) is 0 Å². The van der Waals surface area contributed by atoms with Crippen LogP contribution in [0.4, 0.5) is 0 Å². The zero-order chi connectivity index (χ0) is 16.7. The maximum atomic E-state index is 11.8. The molecule has 2 rings (SSSR count). The zero-order valence-electron chi connectivity index (χ0n) is 13.1. The number of carbonyl (C=O) groups is 2. The first kappa shape index (κ1) is 17.0. The highest BCUT2D eigenvalue weighted by molar-refractivity contribution is 7.11. The van der Waals surface area contributed by atoms with Crippen LogP contribution in [0.3, 0.4) is 0 Å². The van der Waals surface area contributed by atoms with Gasteiger partial charge in [0.25, 0.3) is 5.91 Å². The minimum Gasteiger partial charge on any atom is -0.452 e. The minimum absolute atomic E-state index is 0.133. The number of thiophene rings is 1. The van der Waals surface area contributed by atoms with Gasteiger partial charge in [-0.2, -0.15) is 0 Å². The summed E-state index contributed by atoms with van der Waals surface area (Å²) < 4.78 is 4.95. The highest BCUT2D eigenvalue weighted by atomic mass is 32.1. The Balaban J connectivity index is 1.77. The van der Waals surface area contributed by atoms with Crippen LogP contribution in [-0.4, -0.2) is 18.5 Å². The quantitative estimate of drug-likeness (QED) is 0.652. The van der Waals surface area contributed by atoms with Gasteiger partial charge >= 0.3 is 5.97 Å². The van der Waals surface area contributed by atoms with Crippen molar-refractivity contribution in [3.05, 3.63) is 63.9 Å². The van der Waals surface area contributed by atoms with Crippen LogP contribution >= 0.6 is 11.3 Å². The van der Waals surface area contributed by atoms with Crippen LogP contribution in [0.1, 0.15) is 29.0 Å². The first-order valence-electron chi connectivity index (χ1n) is 7.29. The fourth-order valence-corrected chi connectivity index (χ4v) is 2.81. The fourth-order valence-electron chi connectivity index (χ4n) is 1.99. The molecule has 120 valence electrons. The summed E-state index contributed by atoms with van der Waals surface area (Å²) >= 11 is 1.55. The lowest BCUT2D eigenvalue weighted by atomic mass is 10.1. The molecule has 1 aromatic heterocycles. The van der Waals surface area contributed by atoms with E-state index in [1.807, 2.05) is 55.6 Å². The van der Waals surface area contributed by atoms with Crippen LogP contribution in [0.15, 0.2) is 47.9 Å². The Hall–Kier alpha value is -2.40. The Morgan fingerprint density at radius 3 is 2.65 bits per heavy atom. The summed E-state index contributed by atoms with van der Waals surface area (Å²) in [4.78, 5) is 24.4. The van der Waals surface area contributed by atoms with Crippen LogP contribution in [0.25, 0.3) is 6.08 Å². The number of amides is 1. The van der Waals surface area contributed by atoms with Gasteiger partial charge < -0.3 is 10.1 Å². The normalized spacial score (nSPS) is 12.1. The summed E-state index contributed by atoms with van der Waals surface area (Å²) in [6, 6.07) is 11.5. The van der Waals surface area contributed by atoms with Crippen molar-refractivity contribution in [1.29, 1.82) is 0 Å². The van der Waals surface area contributed by atoms with Gasteiger partial charge in [0.15, 0.2) is 6.61 Å². The molecule has 0 bridgehead atoms. The number of benzene rings is 1. The Morgan fingerprint density at radius 1 is 1.26 bits per heavy atom. The van der Waals surface area contributed by atoms with Crippen molar-refractivity contribution in [2.45, 2.75) is 19.9 Å². The van der Waals surface area contributed by atoms with Crippen molar-refractivity contribution in [1.82, 2.24) is 5.32 Å². The molecule has 0 aliphatic carbocycles. The smallest absolute Gasteiger partial charge is 0.331 e. The van der Waals surface area contributed by atoms with Crippen LogP contribution in [0.5, 0.6) is 0 Å². The molecule has 4 nitrogen and oxygen atoms in total. The van der Waals surface area contributed by atoms with E-state index in [-0.39, 0.29) is 18.6 Å². The van der Waals surface area contributed by atoms with Gasteiger partial charge in [-0.1, -0.05) is 30.3 Å². The number of nitrogens with one attached hydrogen (secondary N) is 1. The second-order valence-corrected chi connectivity index (χ2v) is 6.06. The summed E-state index contributed by atoms with van der Waals surface area (Å²) in [6.45, 7) is 3.57. The van der Waals surface area contributed by atoms with Gasteiger partial charge in [-0.05, 0) is 42.5 Å². The number of aryl methyl sites for hydroxylation is 1. The number of carbonyl (C=O) groups excluding carboxylic acids is 2. The van der Waals surface area contributed by atoms with Gasteiger partial charge in [0, 0.05) is 11.0 Å². The van der Waals surface area contributed by atoms with Crippen LogP contribution < -0.4 is 5.32 Å². The Labute approximate surface area is 139 Å². The van der Waals surface area contributed by atoms with Gasteiger partial charge in [-0.3, -0.25) is 4.79 Å². The summed E-state index contributed by atoms with van der Waals surface area (Å²) in [5, 5.41) is 4.75. The molecule has 0 unspecified atom stereocenters. The number of hydrogen-bond acceptors (Lipinski definition) is 4. The lowest BCUT2D eigenvalue weighted by molar-refractivity contribution is -0.144. The molecule has 0 aliphatic rings. The molecule has 1 aromatic carbocycles. The van der Waals surface area contributed by atoms with Crippen molar-refractivity contribution < 1.29 is 14.3 Å². The molecule has 0 spiro atoms. The maximum absolute atomic E-state index is 11.8. The third-order valence-corrected chi connectivity index (χ3v) is 4.28. The summed E-state index contributed by atoms with van der Waals surface area (Å²) in [6.07, 6.45) is 3.04. The Kier molecular flexibility index (Phi) is 6.11. The van der Waals surface area contributed by atoms with Crippen molar-refractivity contribution in [2.75, 3.05) is 6.61 Å². The third kappa shape index (κ3) is 5.38. The van der Waals surface area contributed by atoms with E-state index in [0.29, 0.717) is 0 Å². The number of hydrogen-bond donors (Lipinski definition) is 1. The minimum atomic E-state index is -0.527. The standard InChI is InChI=1S/C18H19NO3S/c1-13-10-11-23-16(13)8-9-18(21)22-12-17(20)19-14(2)15-6-4-3-5-7-15/h3-11,14H,12H2,1-2H3,(H,19,20)/b9-8+/t14-/m0/s1. The second kappa shape index (κ2) is 8.29. The van der Waals surface area contributed by atoms with E-state index >= 15 is 0 Å². The van der Waals surface area contributed by atoms with Gasteiger partial charge in [-0.15, -0.1) is 11.3 Å². The molecule has 1 atom stereocenters. The fraction of sp³-hybridized carbons (Fsp3) is 0.222. The van der Waals surface area contributed by atoms with E-state index in [0.717, 1.165) is 16.0 Å². The van der Waals surface area contributed by atoms with Crippen molar-refractivity contribution in [2.24, 2.45) is 0 Å². The first-order valence-corrected chi connectivity index (χ1v) is 8.17. The lowest BCUT2D eigenvalue weighted by Crippen LogP contribution is -2.30. The SMILES string of the molecule is Cc1ccsc1/C=C/C(=O)OCC(=O)N[C@@H](C)c1ccccc1. The summed E-state index contributed by atoms with van der Waals surface area (Å²) in [5.74, 6) is -0.851. The van der Waals surface area contributed by atoms with Crippen LogP contribution in [0.2, 0.25) is 0 Å². The van der Waals surface area contributed by atoms with Gasteiger partial charge in [-0.25, -0.2) is 4.79 Å². The van der Waals surface area contributed by atoms with E-state index in [1.165, 1.54) is 6.08 Å². The largest absolute Gasteiger partial charge is 0.452 e. The highest BCUT2D eigenvalue weighted by Gasteiger charge is 2.10. The number of esters is 1. The molecule has 2 aromatic rings. The monoisotopic (exact) mass is 329 g/mol. The van der Waals surface area contributed by atoms with Gasteiger partial charge in [0.1, 0.15) is 0 Å². The molecule has 0 fully saturated rings. The molecular weight excluding hydrogens is 310 g/mol. The number of rotatable bonds is 6. The average molecular weight is 329 g/mol. The van der Waals surface area contributed by atoms with Gasteiger partial charge in [0.2, 0.25) is 0 Å². The van der Waals surface area contributed by atoms with Gasteiger partial charge in [0.05, 0.1) is 6.04 Å². The van der Waals surface area contributed by atoms with Crippen LogP contribution in [-0.2, 0) is 14.3 Å². The third-order valence-electron chi connectivity index (χ3n) is 3.30. The predicted molar refractivity (Wildman–Crippen MR) is 92.0 cm³/mol. The highest BCUT2D eigenvalue weighted by Crippen LogP contribution is 2.17. The van der Waals surface area contributed by atoms with E-state index in [2.05, 4.69) is 5.32 Å². The molecule has 5 heteroatoms. The molecule has 23 heavy (non-hydrogen) atoms. The lowest BCUT2D eigenvalue weighted by Gasteiger charge is -2.13. The molecule has 0 saturated carbocycles. The predicted octanol–water partition coefficient (Wildman–Crippen LogP) is 3.49. The Morgan fingerprint density at radius 2 is 2.00 bits per heavy atom. The van der Waals surface area contributed by atoms with E-state index in [4.69, 9.17) is 4.74 Å². The molecule has 0 radical (unpaired) electrons. The maximum Gasteiger partial charge on any atom is 0.331 e. The topological polar surface area (TPSA) is 55.4 Å². The molecule has 1 heterocycles. The summed E-state index contributed by atoms with van der Waals surface area (Å²) in [7, 11) is 0. The molecular formula is C18H19NO3S. The second-order valence-electron chi connectivity index (χ2n) is 5.11. The molecule has 1 amide bonds. The molecule has 0 saturated heterocycles. The Bertz CT molecular complexity index is 691. The average Bonchev–Trinajstić information content (AvgIpc) is 2.97. The van der Waals surface area contributed by atoms with E-state index < -0.39 is 5.97 Å². The van der Waals surface area contributed by atoms with Crippen molar-refractivity contribution >= 4 is 29.3 Å². The molecule has 0 aliphatic heterocycles. The van der Waals surface area contributed by atoms with Crippen molar-refractivity contribution in [3.8, 4) is 0 Å². The first-order chi connectivity index (χ1) is 11.1. The van der Waals surface area contributed by atoms with Crippen LogP contribution in [0, 0.1) is 6.92 Å². The van der Waals surface area contributed by atoms with E-state index in [9.17, 15) is 9.59 Å². The number of ether oxygens (including phenoxy) is 1. The molecule has 1 N–H and O–H groups in total.